The minimum Gasteiger partial charge on any atom is -0.349 e. The molecule has 3 N–H and O–H groups in total. The van der Waals surface area contributed by atoms with Crippen LogP contribution in [-0.4, -0.2) is 63.7 Å². The fourth-order valence-corrected chi connectivity index (χ4v) is 4.49. The number of likely N-dealkylation sites (N-methyl/N-ethyl adjacent to an activating group) is 1. The van der Waals surface area contributed by atoms with Crippen molar-refractivity contribution in [1.29, 1.82) is 0 Å². The maximum atomic E-state index is 13.6. The molecule has 0 atom stereocenters. The number of aryl methyl sites for hydroxylation is 1. The summed E-state index contributed by atoms with van der Waals surface area (Å²) in [6.07, 6.45) is 0. The number of rotatable bonds is 6. The highest BCUT2D eigenvalue weighted by Gasteiger charge is 2.28. The van der Waals surface area contributed by atoms with Gasteiger partial charge in [-0.15, -0.1) is 0 Å². The van der Waals surface area contributed by atoms with Crippen LogP contribution in [0.15, 0.2) is 42.5 Å². The van der Waals surface area contributed by atoms with Gasteiger partial charge in [0.25, 0.3) is 11.8 Å². The number of benzene rings is 2. The zero-order chi connectivity index (χ0) is 28.1. The second-order valence-electron chi connectivity index (χ2n) is 9.07. The Morgan fingerprint density at radius 2 is 1.82 bits per heavy atom. The van der Waals surface area contributed by atoms with E-state index in [2.05, 4.69) is 25.3 Å². The molecule has 39 heavy (non-hydrogen) atoms. The van der Waals surface area contributed by atoms with Crippen LogP contribution < -0.4 is 16.0 Å². The third kappa shape index (κ3) is 6.81. The van der Waals surface area contributed by atoms with Gasteiger partial charge in [-0.05, 0) is 62.9 Å². The number of nitrogens with one attached hydrogen (secondary N) is 3. The van der Waals surface area contributed by atoms with Crippen LogP contribution in [0.5, 0.6) is 0 Å². The lowest BCUT2D eigenvalue weighted by molar-refractivity contribution is -0.122. The molecule has 3 heterocycles. The molecule has 0 saturated carbocycles. The molecule has 0 aliphatic carbocycles. The number of halogens is 2. The van der Waals surface area contributed by atoms with E-state index < -0.39 is 17.6 Å². The molecule has 13 heteroatoms. The van der Waals surface area contributed by atoms with Gasteiger partial charge in [-0.25, -0.2) is 13.8 Å². The minimum absolute atomic E-state index is 0.0353. The lowest BCUT2D eigenvalue weighted by Gasteiger charge is -2.18. The largest absolute Gasteiger partial charge is 0.349 e. The summed E-state index contributed by atoms with van der Waals surface area (Å²) in [4.78, 5) is 43.6. The molecule has 0 radical (unpaired) electrons. The predicted octanol–water partition coefficient (Wildman–Crippen LogP) is 2.94. The molecule has 2 aromatic carbocycles. The molecule has 0 spiro atoms. The first-order chi connectivity index (χ1) is 18.6. The Kier molecular flexibility index (Phi) is 8.62. The van der Waals surface area contributed by atoms with Gasteiger partial charge in [-0.3, -0.25) is 14.4 Å². The first kappa shape index (κ1) is 27.8. The highest BCUT2D eigenvalue weighted by atomic mass is 32.1. The van der Waals surface area contributed by atoms with E-state index in [1.54, 1.807) is 18.2 Å². The Labute approximate surface area is 227 Å². The molecule has 4 aromatic rings. The quantitative estimate of drug-likeness (QED) is 0.337. The third-order valence-electron chi connectivity index (χ3n) is 5.76. The molecule has 204 valence electrons. The van der Waals surface area contributed by atoms with E-state index in [9.17, 15) is 23.2 Å². The number of amides is 3. The number of carbonyl (C=O) groups excluding carboxylic acids is 3. The van der Waals surface area contributed by atoms with Gasteiger partial charge in [0.2, 0.25) is 11.7 Å². The number of fused-ring (bicyclic) bond motifs is 2. The summed E-state index contributed by atoms with van der Waals surface area (Å²) >= 11 is 1.08. The number of nitrogens with zero attached hydrogens (tertiary/aromatic N) is 4. The Hall–Kier alpha value is -4.23. The lowest BCUT2D eigenvalue weighted by Crippen LogP contribution is -2.38. The van der Waals surface area contributed by atoms with Crippen LogP contribution in [0.25, 0.3) is 10.1 Å². The number of carbonyl (C=O) groups is 3. The van der Waals surface area contributed by atoms with E-state index in [0.29, 0.717) is 28.9 Å². The number of aromatic nitrogens is 3. The Bertz CT molecular complexity index is 1500. The highest BCUT2D eigenvalue weighted by Crippen LogP contribution is 2.26. The van der Waals surface area contributed by atoms with Gasteiger partial charge in [-0.1, -0.05) is 17.7 Å². The zero-order valence-electron chi connectivity index (χ0n) is 21.5. The number of anilines is 1. The van der Waals surface area contributed by atoms with Gasteiger partial charge in [0.1, 0.15) is 23.9 Å². The molecule has 1 aliphatic rings. The topological polar surface area (TPSA) is 121 Å². The Morgan fingerprint density at radius 3 is 2.51 bits per heavy atom. The summed E-state index contributed by atoms with van der Waals surface area (Å²) in [7, 11) is 3.77. The molecule has 2 aromatic heterocycles. The molecule has 0 fully saturated rings. The Morgan fingerprint density at radius 1 is 1.10 bits per heavy atom. The van der Waals surface area contributed by atoms with E-state index in [1.165, 1.54) is 28.8 Å². The number of hydrogen-bond donors (Lipinski definition) is 3. The van der Waals surface area contributed by atoms with Crippen molar-refractivity contribution in [3.63, 3.8) is 0 Å². The minimum atomic E-state index is -0.575. The van der Waals surface area contributed by atoms with Crippen LogP contribution >= 0.6 is 11.5 Å². The van der Waals surface area contributed by atoms with E-state index in [-0.39, 0.29) is 42.2 Å². The first-order valence-electron chi connectivity index (χ1n) is 12.0. The van der Waals surface area contributed by atoms with Crippen LogP contribution in [0.4, 0.5) is 14.6 Å². The van der Waals surface area contributed by atoms with Crippen LogP contribution in [0.3, 0.4) is 0 Å². The van der Waals surface area contributed by atoms with Crippen LogP contribution in [0, 0.1) is 18.6 Å². The molecule has 5 rings (SSSR count). The van der Waals surface area contributed by atoms with E-state index in [0.717, 1.165) is 17.1 Å². The van der Waals surface area contributed by atoms with Crippen molar-refractivity contribution in [2.75, 3.05) is 32.5 Å². The maximum absolute atomic E-state index is 13.6. The fourth-order valence-electron chi connectivity index (χ4n) is 3.74. The summed E-state index contributed by atoms with van der Waals surface area (Å²) in [5, 5.41) is 8.49. The van der Waals surface area contributed by atoms with Crippen molar-refractivity contribution < 1.29 is 23.2 Å². The average Bonchev–Trinajstić information content (AvgIpc) is 3.47. The van der Waals surface area contributed by atoms with Gasteiger partial charge < -0.3 is 25.4 Å². The van der Waals surface area contributed by atoms with Crippen LogP contribution in [-0.2, 0) is 17.9 Å². The van der Waals surface area contributed by atoms with E-state index in [1.807, 2.05) is 25.9 Å². The van der Waals surface area contributed by atoms with Crippen molar-refractivity contribution in [3.05, 3.63) is 76.9 Å². The summed E-state index contributed by atoms with van der Waals surface area (Å²) in [6, 6.07) is 10.5. The summed E-state index contributed by atoms with van der Waals surface area (Å²) in [5.41, 5.74) is 1.65. The van der Waals surface area contributed by atoms with Crippen molar-refractivity contribution in [2.24, 2.45) is 0 Å². The predicted molar refractivity (Wildman–Crippen MR) is 144 cm³/mol. The van der Waals surface area contributed by atoms with Crippen molar-refractivity contribution in [1.82, 2.24) is 29.5 Å². The average molecular weight is 556 g/mol. The standard InChI is InChI=1S/C19H20FN7O3S.C7H7F/c1-26(2)6-5-21-19(30)17-23-16(12-8-22-14(28)9-27(12)17)24-18(29)15-11-7-10(20)3-4-13(11)31-25-15;1-6-2-4-7(8)5-3-6/h3-4,7H,5-6,8-9H2,1-2H3,(H,21,30)(H,22,28)(H,24,29);2-5H,1H3. The van der Waals surface area contributed by atoms with Gasteiger partial charge in [0.15, 0.2) is 5.82 Å². The lowest BCUT2D eigenvalue weighted by atomic mass is 10.2. The van der Waals surface area contributed by atoms with Gasteiger partial charge in [0, 0.05) is 18.5 Å². The zero-order valence-corrected chi connectivity index (χ0v) is 22.4. The highest BCUT2D eigenvalue weighted by molar-refractivity contribution is 7.13. The van der Waals surface area contributed by atoms with E-state index >= 15 is 0 Å². The molecule has 10 nitrogen and oxygen atoms in total. The molecular weight excluding hydrogens is 528 g/mol. The molecule has 0 saturated heterocycles. The summed E-state index contributed by atoms with van der Waals surface area (Å²) in [6.45, 7) is 2.99. The van der Waals surface area contributed by atoms with Crippen LogP contribution in [0.2, 0.25) is 0 Å². The summed E-state index contributed by atoms with van der Waals surface area (Å²) < 4.78 is 32.0. The van der Waals surface area contributed by atoms with Gasteiger partial charge >= 0.3 is 0 Å². The normalized spacial score (nSPS) is 12.4. The smallest absolute Gasteiger partial charge is 0.287 e. The first-order valence-corrected chi connectivity index (χ1v) is 12.8. The van der Waals surface area contributed by atoms with Gasteiger partial charge in [-0.2, -0.15) is 4.37 Å². The third-order valence-corrected chi connectivity index (χ3v) is 6.59. The van der Waals surface area contributed by atoms with Crippen LogP contribution in [0.1, 0.15) is 32.4 Å². The maximum Gasteiger partial charge on any atom is 0.287 e. The van der Waals surface area contributed by atoms with Crippen molar-refractivity contribution in [3.8, 4) is 0 Å². The number of hydrogen-bond acceptors (Lipinski definition) is 7. The van der Waals surface area contributed by atoms with Crippen molar-refractivity contribution in [2.45, 2.75) is 20.0 Å². The molecule has 3 amide bonds. The van der Waals surface area contributed by atoms with Crippen molar-refractivity contribution >= 4 is 45.2 Å². The molecule has 0 bridgehead atoms. The SMILES string of the molecule is CN(C)CCNC(=O)c1nc(NC(=O)c2nsc3ccc(F)cc23)c2n1CC(=O)NC2.Cc1ccc(F)cc1. The molecular formula is C26H27F2N7O3S. The molecule has 1 aliphatic heterocycles. The monoisotopic (exact) mass is 555 g/mol. The Balaban J connectivity index is 0.000000379. The second kappa shape index (κ2) is 12.1. The summed E-state index contributed by atoms with van der Waals surface area (Å²) in [5.74, 6) is -1.73. The molecule has 0 unspecified atom stereocenters. The fraction of sp³-hybridized carbons (Fsp3) is 0.269. The second-order valence-corrected chi connectivity index (χ2v) is 9.88. The number of imidazole rings is 1. The van der Waals surface area contributed by atoms with E-state index in [4.69, 9.17) is 0 Å². The van der Waals surface area contributed by atoms with Gasteiger partial charge in [0.05, 0.1) is 16.9 Å².